The van der Waals surface area contributed by atoms with Crippen LogP contribution in [0, 0.1) is 24.0 Å². The van der Waals surface area contributed by atoms with Gasteiger partial charge in [0.25, 0.3) is 11.6 Å². The third-order valence-electron chi connectivity index (χ3n) is 4.55. The van der Waals surface area contributed by atoms with Crippen LogP contribution in [0.4, 0.5) is 11.4 Å². The Morgan fingerprint density at radius 3 is 2.57 bits per heavy atom. The number of aliphatic imine (C=N–C) groups is 1. The van der Waals surface area contributed by atoms with Gasteiger partial charge in [0.15, 0.2) is 5.17 Å². The highest BCUT2D eigenvalue weighted by Gasteiger charge is 2.25. The highest BCUT2D eigenvalue weighted by Crippen LogP contribution is 2.32. The number of nitro groups is 1. The van der Waals surface area contributed by atoms with Crippen molar-refractivity contribution in [2.45, 2.75) is 13.8 Å². The van der Waals surface area contributed by atoms with Crippen LogP contribution in [0.3, 0.4) is 0 Å². The molecule has 3 aromatic rings. The molecule has 7 nitrogen and oxygen atoms in total. The van der Waals surface area contributed by atoms with E-state index in [0.29, 0.717) is 27.2 Å². The average molecular weight is 419 g/mol. The molecule has 8 heteroatoms. The Hall–Kier alpha value is -3.65. The molecule has 2 aromatic carbocycles. The number of non-ortho nitro benzene ring substituents is 1. The molecule has 2 heterocycles. The van der Waals surface area contributed by atoms with E-state index in [4.69, 9.17) is 4.42 Å². The molecule has 1 aromatic heterocycles. The number of carbonyl (C=O) groups excluding carboxylic acids is 1. The first kappa shape index (κ1) is 19.7. The maximum atomic E-state index is 12.3. The molecule has 0 spiro atoms. The molecule has 0 radical (unpaired) electrons. The SMILES string of the molecule is Cc1cccc(C)c1N=C1NC(=O)/C(=C\c2ccc(-c3cccc([N+](=O)[O-])c3)o2)S1. The Labute approximate surface area is 176 Å². The van der Waals surface area contributed by atoms with E-state index in [1.165, 1.54) is 23.9 Å². The van der Waals surface area contributed by atoms with Gasteiger partial charge >= 0.3 is 0 Å². The molecule has 0 unspecified atom stereocenters. The Balaban J connectivity index is 1.58. The Morgan fingerprint density at radius 2 is 1.83 bits per heavy atom. The summed E-state index contributed by atoms with van der Waals surface area (Å²) in [5, 5.41) is 14.2. The largest absolute Gasteiger partial charge is 0.457 e. The van der Waals surface area contributed by atoms with Crippen LogP contribution in [0.5, 0.6) is 0 Å². The van der Waals surface area contributed by atoms with Gasteiger partial charge in [0.05, 0.1) is 15.5 Å². The molecule has 1 fully saturated rings. The summed E-state index contributed by atoms with van der Waals surface area (Å²) >= 11 is 1.24. The van der Waals surface area contributed by atoms with Crippen molar-refractivity contribution in [3.05, 3.63) is 86.5 Å². The number of amides is 1. The van der Waals surface area contributed by atoms with Crippen molar-refractivity contribution < 1.29 is 14.1 Å². The van der Waals surface area contributed by atoms with Gasteiger partial charge in [0, 0.05) is 23.8 Å². The van der Waals surface area contributed by atoms with Crippen LogP contribution >= 0.6 is 11.8 Å². The van der Waals surface area contributed by atoms with E-state index in [0.717, 1.165) is 16.8 Å². The number of furan rings is 1. The molecule has 0 saturated carbocycles. The number of amidine groups is 1. The van der Waals surface area contributed by atoms with Gasteiger partial charge in [-0.05, 0) is 48.9 Å². The van der Waals surface area contributed by atoms with Gasteiger partial charge in [-0.2, -0.15) is 0 Å². The second-order valence-corrected chi connectivity index (χ2v) is 7.76. The zero-order valence-electron chi connectivity index (χ0n) is 16.2. The number of nitrogens with zero attached hydrogens (tertiary/aromatic N) is 2. The first-order chi connectivity index (χ1) is 14.4. The van der Waals surface area contributed by atoms with E-state index in [1.54, 1.807) is 30.3 Å². The van der Waals surface area contributed by atoms with Crippen LogP contribution in [-0.2, 0) is 4.79 Å². The smallest absolute Gasteiger partial charge is 0.270 e. The fourth-order valence-electron chi connectivity index (χ4n) is 3.05. The maximum absolute atomic E-state index is 12.3. The predicted molar refractivity (Wildman–Crippen MR) is 118 cm³/mol. The van der Waals surface area contributed by atoms with Gasteiger partial charge in [0.1, 0.15) is 11.5 Å². The van der Waals surface area contributed by atoms with Crippen LogP contribution in [-0.4, -0.2) is 16.0 Å². The number of benzene rings is 2. The molecule has 0 aliphatic carbocycles. The van der Waals surface area contributed by atoms with E-state index in [9.17, 15) is 14.9 Å². The number of hydrogen-bond donors (Lipinski definition) is 1. The molecule has 1 amide bonds. The number of carbonyl (C=O) groups is 1. The average Bonchev–Trinajstić information content (AvgIpc) is 3.32. The minimum atomic E-state index is -0.453. The lowest BCUT2D eigenvalue weighted by atomic mass is 10.1. The molecule has 4 rings (SSSR count). The zero-order valence-corrected chi connectivity index (χ0v) is 17.0. The normalized spacial score (nSPS) is 16.3. The fourth-order valence-corrected chi connectivity index (χ4v) is 3.86. The summed E-state index contributed by atoms with van der Waals surface area (Å²) in [5.74, 6) is 0.708. The second-order valence-electron chi connectivity index (χ2n) is 6.73. The monoisotopic (exact) mass is 419 g/mol. The van der Waals surface area contributed by atoms with Crippen LogP contribution in [0.1, 0.15) is 16.9 Å². The molecular formula is C22H17N3O4S. The summed E-state index contributed by atoms with van der Waals surface area (Å²) in [6, 6.07) is 15.6. The maximum Gasteiger partial charge on any atom is 0.270 e. The molecule has 1 N–H and O–H groups in total. The lowest BCUT2D eigenvalue weighted by Gasteiger charge is -2.04. The van der Waals surface area contributed by atoms with E-state index >= 15 is 0 Å². The standard InChI is InChI=1S/C22H17N3O4S/c1-13-5-3-6-14(2)20(13)23-22-24-21(26)19(30-22)12-17-9-10-18(29-17)15-7-4-8-16(11-15)25(27)28/h3-12H,1-2H3,(H,23,24,26)/b19-12+. The van der Waals surface area contributed by atoms with E-state index in [2.05, 4.69) is 10.3 Å². The summed E-state index contributed by atoms with van der Waals surface area (Å²) in [4.78, 5) is 27.9. The van der Waals surface area contributed by atoms with Crippen LogP contribution in [0.15, 0.2) is 68.9 Å². The Bertz CT molecular complexity index is 1210. The number of rotatable bonds is 4. The molecule has 150 valence electrons. The van der Waals surface area contributed by atoms with Gasteiger partial charge < -0.3 is 9.73 Å². The summed E-state index contributed by atoms with van der Waals surface area (Å²) in [6.45, 7) is 3.95. The molecule has 1 aliphatic rings. The highest BCUT2D eigenvalue weighted by atomic mass is 32.2. The molecular weight excluding hydrogens is 402 g/mol. The Morgan fingerprint density at radius 1 is 1.10 bits per heavy atom. The van der Waals surface area contributed by atoms with Crippen molar-refractivity contribution in [3.8, 4) is 11.3 Å². The topological polar surface area (TPSA) is 97.7 Å². The fraction of sp³-hybridized carbons (Fsp3) is 0.0909. The lowest BCUT2D eigenvalue weighted by Crippen LogP contribution is -2.19. The first-order valence-corrected chi connectivity index (χ1v) is 9.93. The predicted octanol–water partition coefficient (Wildman–Crippen LogP) is 5.36. The van der Waals surface area contributed by atoms with Crippen molar-refractivity contribution in [1.82, 2.24) is 5.32 Å². The van der Waals surface area contributed by atoms with Crippen molar-refractivity contribution in [3.63, 3.8) is 0 Å². The summed E-state index contributed by atoms with van der Waals surface area (Å²) in [7, 11) is 0. The van der Waals surface area contributed by atoms with Gasteiger partial charge in [-0.1, -0.05) is 30.3 Å². The van der Waals surface area contributed by atoms with Gasteiger partial charge in [-0.15, -0.1) is 0 Å². The van der Waals surface area contributed by atoms with E-state index in [1.807, 2.05) is 32.0 Å². The molecule has 0 bridgehead atoms. The van der Waals surface area contributed by atoms with Crippen molar-refractivity contribution in [2.75, 3.05) is 0 Å². The minimum Gasteiger partial charge on any atom is -0.457 e. The third kappa shape index (κ3) is 4.04. The number of thioether (sulfide) groups is 1. The number of hydrogen-bond acceptors (Lipinski definition) is 6. The second kappa shape index (κ2) is 8.00. The molecule has 0 atom stereocenters. The summed E-state index contributed by atoms with van der Waals surface area (Å²) in [5.41, 5.74) is 3.48. The van der Waals surface area contributed by atoms with Gasteiger partial charge in [-0.25, -0.2) is 4.99 Å². The van der Waals surface area contributed by atoms with Gasteiger partial charge in [0.2, 0.25) is 0 Å². The Kier molecular flexibility index (Phi) is 5.24. The summed E-state index contributed by atoms with van der Waals surface area (Å²) in [6.07, 6.45) is 1.63. The van der Waals surface area contributed by atoms with Crippen molar-refractivity contribution >= 4 is 40.3 Å². The molecule has 1 saturated heterocycles. The van der Waals surface area contributed by atoms with Crippen LogP contribution < -0.4 is 5.32 Å². The third-order valence-corrected chi connectivity index (χ3v) is 5.46. The highest BCUT2D eigenvalue weighted by molar-refractivity contribution is 8.18. The van der Waals surface area contributed by atoms with Crippen LogP contribution in [0.25, 0.3) is 17.4 Å². The zero-order chi connectivity index (χ0) is 21.3. The number of nitrogens with one attached hydrogen (secondary N) is 1. The first-order valence-electron chi connectivity index (χ1n) is 9.11. The molecule has 30 heavy (non-hydrogen) atoms. The number of para-hydroxylation sites is 1. The number of nitro benzene ring substituents is 1. The van der Waals surface area contributed by atoms with Crippen molar-refractivity contribution in [2.24, 2.45) is 4.99 Å². The van der Waals surface area contributed by atoms with Crippen molar-refractivity contribution in [1.29, 1.82) is 0 Å². The van der Waals surface area contributed by atoms with E-state index < -0.39 is 4.92 Å². The summed E-state index contributed by atoms with van der Waals surface area (Å²) < 4.78 is 5.77. The van der Waals surface area contributed by atoms with Gasteiger partial charge in [-0.3, -0.25) is 14.9 Å². The molecule has 1 aliphatic heterocycles. The number of aryl methyl sites for hydroxylation is 2. The van der Waals surface area contributed by atoms with Crippen LogP contribution in [0.2, 0.25) is 0 Å². The quantitative estimate of drug-likeness (QED) is 0.349. The van der Waals surface area contributed by atoms with E-state index in [-0.39, 0.29) is 11.6 Å². The minimum absolute atomic E-state index is 0.0121. The lowest BCUT2D eigenvalue weighted by molar-refractivity contribution is -0.384.